The summed E-state index contributed by atoms with van der Waals surface area (Å²) in [5.41, 5.74) is 6.17. The molecule has 2 heterocycles. The first-order valence-electron chi connectivity index (χ1n) is 7.10. The van der Waals surface area contributed by atoms with Crippen LogP contribution in [0.2, 0.25) is 0 Å². The van der Waals surface area contributed by atoms with Crippen LogP contribution < -0.4 is 11.1 Å². The van der Waals surface area contributed by atoms with E-state index in [1.165, 1.54) is 0 Å². The molecule has 0 aromatic carbocycles. The molecule has 126 valence electrons. The maximum absolute atomic E-state index is 11.4. The number of hydrogen-bond acceptors (Lipinski definition) is 7. The van der Waals surface area contributed by atoms with E-state index in [4.69, 9.17) is 10.5 Å². The standard InChI is InChI=1S/C14H20N4O4S/c1-17(5-6-22-2)12-4-3-9(8-16-12)11-7-10(13(15)19)14(23-11)18(20)21/h3-4,7,10,14,16H,5-6,8H2,1-2H3,(H2,15,19). The number of likely N-dealkylation sites (N-methyl/N-ethyl adjacent to an activating group) is 1. The zero-order chi connectivity index (χ0) is 17.0. The summed E-state index contributed by atoms with van der Waals surface area (Å²) in [5.74, 6) is -0.596. The summed E-state index contributed by atoms with van der Waals surface area (Å²) in [5, 5.41) is 13.3. The minimum atomic E-state index is -1.04. The first kappa shape index (κ1) is 17.4. The number of primary amides is 1. The molecule has 3 N–H and O–H groups in total. The Labute approximate surface area is 138 Å². The zero-order valence-electron chi connectivity index (χ0n) is 13.0. The molecule has 0 saturated heterocycles. The number of methoxy groups -OCH3 is 1. The molecule has 0 fully saturated rings. The molecule has 2 aliphatic rings. The van der Waals surface area contributed by atoms with Crippen LogP contribution in [0.5, 0.6) is 0 Å². The maximum atomic E-state index is 11.4. The highest BCUT2D eigenvalue weighted by Gasteiger charge is 2.42. The summed E-state index contributed by atoms with van der Waals surface area (Å²) in [7, 11) is 3.60. The van der Waals surface area contributed by atoms with Gasteiger partial charge in [0.25, 0.3) is 5.37 Å². The molecule has 0 aromatic heterocycles. The number of hydrogen-bond donors (Lipinski definition) is 2. The smallest absolute Gasteiger partial charge is 0.277 e. The van der Waals surface area contributed by atoms with Crippen LogP contribution in [0.1, 0.15) is 0 Å². The van der Waals surface area contributed by atoms with Crippen LogP contribution in [0.3, 0.4) is 0 Å². The van der Waals surface area contributed by atoms with Gasteiger partial charge >= 0.3 is 0 Å². The molecular formula is C14H20N4O4S. The van der Waals surface area contributed by atoms with Gasteiger partial charge in [-0.05, 0) is 23.4 Å². The summed E-state index contributed by atoms with van der Waals surface area (Å²) in [6.45, 7) is 1.92. The van der Waals surface area contributed by atoms with Gasteiger partial charge < -0.3 is 20.7 Å². The van der Waals surface area contributed by atoms with Crippen molar-refractivity contribution in [3.05, 3.63) is 44.6 Å². The van der Waals surface area contributed by atoms with Gasteiger partial charge in [0.05, 0.1) is 6.61 Å². The predicted molar refractivity (Wildman–Crippen MR) is 87.8 cm³/mol. The molecule has 0 radical (unpaired) electrons. The number of thioether (sulfide) groups is 1. The third-order valence-electron chi connectivity index (χ3n) is 3.68. The monoisotopic (exact) mass is 340 g/mol. The Morgan fingerprint density at radius 3 is 2.83 bits per heavy atom. The quantitative estimate of drug-likeness (QED) is 0.505. The number of nitrogens with one attached hydrogen (secondary N) is 1. The minimum Gasteiger partial charge on any atom is -0.383 e. The van der Waals surface area contributed by atoms with Crippen molar-refractivity contribution in [2.45, 2.75) is 5.37 Å². The first-order chi connectivity index (χ1) is 10.9. The van der Waals surface area contributed by atoms with Gasteiger partial charge in [-0.2, -0.15) is 0 Å². The third kappa shape index (κ3) is 4.05. The molecule has 0 aromatic rings. The van der Waals surface area contributed by atoms with Crippen LogP contribution >= 0.6 is 11.8 Å². The molecule has 0 aliphatic carbocycles. The van der Waals surface area contributed by atoms with Crippen LogP contribution in [0.15, 0.2) is 34.5 Å². The SMILES string of the molecule is COCCN(C)C1=CC=C(C2=CC(C(N)=O)C([N+](=O)[O-])S2)CN1. The number of dihydropyridines is 1. The lowest BCUT2D eigenvalue weighted by Gasteiger charge is -2.26. The highest BCUT2D eigenvalue weighted by molar-refractivity contribution is 8.04. The lowest BCUT2D eigenvalue weighted by atomic mass is 10.1. The van der Waals surface area contributed by atoms with Gasteiger partial charge in [-0.15, -0.1) is 0 Å². The molecule has 2 atom stereocenters. The van der Waals surface area contributed by atoms with Gasteiger partial charge in [-0.25, -0.2) is 0 Å². The van der Waals surface area contributed by atoms with E-state index in [1.807, 2.05) is 24.1 Å². The van der Waals surface area contributed by atoms with Gasteiger partial charge in [-0.1, -0.05) is 12.2 Å². The Bertz CT molecular complexity index is 587. The number of ether oxygens (including phenoxy) is 1. The van der Waals surface area contributed by atoms with Crippen LogP contribution in [0, 0.1) is 16.0 Å². The number of nitrogens with zero attached hydrogens (tertiary/aromatic N) is 2. The molecule has 2 aliphatic heterocycles. The Balaban J connectivity index is 2.10. The normalized spacial score (nSPS) is 23.5. The Morgan fingerprint density at radius 1 is 1.61 bits per heavy atom. The summed E-state index contributed by atoms with van der Waals surface area (Å²) < 4.78 is 5.04. The number of amides is 1. The second-order valence-electron chi connectivity index (χ2n) is 5.26. The van der Waals surface area contributed by atoms with Crippen LogP contribution in [-0.2, 0) is 9.53 Å². The highest BCUT2D eigenvalue weighted by Crippen LogP contribution is 2.41. The van der Waals surface area contributed by atoms with Crippen molar-refractivity contribution in [2.75, 3.05) is 33.9 Å². The lowest BCUT2D eigenvalue weighted by molar-refractivity contribution is -0.498. The second-order valence-corrected chi connectivity index (χ2v) is 6.42. The number of nitro groups is 1. The topological polar surface area (TPSA) is 111 Å². The second kappa shape index (κ2) is 7.51. The van der Waals surface area contributed by atoms with Crippen molar-refractivity contribution in [1.82, 2.24) is 10.2 Å². The molecule has 2 rings (SSSR count). The van der Waals surface area contributed by atoms with Gasteiger partial charge in [0.15, 0.2) is 0 Å². The predicted octanol–water partition coefficient (Wildman–Crippen LogP) is 0.271. The van der Waals surface area contributed by atoms with Crippen molar-refractivity contribution in [3.63, 3.8) is 0 Å². The number of rotatable bonds is 7. The summed E-state index contributed by atoms with van der Waals surface area (Å²) in [6.07, 6.45) is 5.42. The van der Waals surface area contributed by atoms with Crippen LogP contribution in [0.4, 0.5) is 0 Å². The van der Waals surface area contributed by atoms with Crippen molar-refractivity contribution in [1.29, 1.82) is 0 Å². The van der Waals surface area contributed by atoms with E-state index < -0.39 is 22.1 Å². The van der Waals surface area contributed by atoms with E-state index in [9.17, 15) is 14.9 Å². The molecule has 0 bridgehead atoms. The average molecular weight is 340 g/mol. The van der Waals surface area contributed by atoms with Gasteiger partial charge in [0.2, 0.25) is 5.91 Å². The molecule has 0 spiro atoms. The van der Waals surface area contributed by atoms with Crippen molar-refractivity contribution in [3.8, 4) is 0 Å². The van der Waals surface area contributed by atoms with Gasteiger partial charge in [0, 0.05) is 37.1 Å². The summed E-state index contributed by atoms with van der Waals surface area (Å²) in [4.78, 5) is 24.7. The fourth-order valence-corrected chi connectivity index (χ4v) is 3.55. The fraction of sp³-hybridized carbons (Fsp3) is 0.500. The van der Waals surface area contributed by atoms with Crippen molar-refractivity contribution in [2.24, 2.45) is 11.7 Å². The summed E-state index contributed by atoms with van der Waals surface area (Å²) in [6, 6.07) is 0. The van der Waals surface area contributed by atoms with E-state index in [0.717, 1.165) is 34.6 Å². The van der Waals surface area contributed by atoms with Crippen LogP contribution in [-0.4, -0.2) is 55.0 Å². The molecule has 23 heavy (non-hydrogen) atoms. The molecule has 9 heteroatoms. The Kier molecular flexibility index (Phi) is 5.67. The van der Waals surface area contributed by atoms with E-state index in [-0.39, 0.29) is 0 Å². The lowest BCUT2D eigenvalue weighted by Crippen LogP contribution is -2.33. The Morgan fingerprint density at radius 2 is 2.35 bits per heavy atom. The van der Waals surface area contributed by atoms with Crippen molar-refractivity contribution < 1.29 is 14.5 Å². The van der Waals surface area contributed by atoms with Gasteiger partial charge in [0.1, 0.15) is 11.7 Å². The number of nitrogens with two attached hydrogens (primary N) is 1. The molecule has 8 nitrogen and oxygen atoms in total. The minimum absolute atomic E-state index is 0.458. The highest BCUT2D eigenvalue weighted by atomic mass is 32.2. The Hall–Kier alpha value is -2.00. The number of allylic oxidation sites excluding steroid dienone is 2. The number of carbonyl (C=O) groups excluding carboxylic acids is 1. The van der Waals surface area contributed by atoms with E-state index in [1.54, 1.807) is 13.2 Å². The van der Waals surface area contributed by atoms with E-state index in [2.05, 4.69) is 5.32 Å². The maximum Gasteiger partial charge on any atom is 0.277 e. The number of carbonyl (C=O) groups is 1. The fourth-order valence-electron chi connectivity index (χ4n) is 2.33. The average Bonchev–Trinajstić information content (AvgIpc) is 2.98. The van der Waals surface area contributed by atoms with Gasteiger partial charge in [-0.3, -0.25) is 14.9 Å². The summed E-state index contributed by atoms with van der Waals surface area (Å²) >= 11 is 1.08. The molecule has 0 saturated carbocycles. The first-order valence-corrected chi connectivity index (χ1v) is 7.98. The molecular weight excluding hydrogens is 320 g/mol. The van der Waals surface area contributed by atoms with E-state index in [0.29, 0.717) is 13.2 Å². The molecule has 1 amide bonds. The largest absolute Gasteiger partial charge is 0.383 e. The zero-order valence-corrected chi connectivity index (χ0v) is 13.8. The molecule has 2 unspecified atom stereocenters. The van der Waals surface area contributed by atoms with E-state index >= 15 is 0 Å². The third-order valence-corrected chi connectivity index (χ3v) is 5.04. The van der Waals surface area contributed by atoms with Crippen molar-refractivity contribution >= 4 is 17.7 Å². The van der Waals surface area contributed by atoms with Crippen LogP contribution in [0.25, 0.3) is 0 Å².